The fourth-order valence-electron chi connectivity index (χ4n) is 1.75. The lowest BCUT2D eigenvalue weighted by atomic mass is 9.98. The zero-order valence-electron chi connectivity index (χ0n) is 13.1. The Morgan fingerprint density at radius 2 is 1.75 bits per heavy atom. The van der Waals surface area contributed by atoms with Crippen LogP contribution in [0.25, 0.3) is 0 Å². The second kappa shape index (κ2) is 14.1. The zero-order valence-corrected chi connectivity index (χ0v) is 13.1. The van der Waals surface area contributed by atoms with Crippen molar-refractivity contribution in [2.75, 3.05) is 0 Å². The molecule has 0 saturated heterocycles. The van der Waals surface area contributed by atoms with Crippen LogP contribution in [0.1, 0.15) is 59.3 Å². The van der Waals surface area contributed by atoms with Gasteiger partial charge in [-0.3, -0.25) is 4.79 Å². The van der Waals surface area contributed by atoms with Crippen molar-refractivity contribution in [2.45, 2.75) is 71.6 Å². The number of carbonyl (C=O) groups excluding carboxylic acids is 2. The number of carbonyl (C=O) groups is 2. The van der Waals surface area contributed by atoms with Gasteiger partial charge in [0.15, 0.2) is 6.17 Å². The van der Waals surface area contributed by atoms with Crippen molar-refractivity contribution in [3.05, 3.63) is 13.2 Å². The fraction of sp³-hybridized carbons (Fsp3) is 0.733. The number of nitrogens with two attached hydrogens (primary N) is 1. The van der Waals surface area contributed by atoms with Crippen LogP contribution in [0.3, 0.4) is 0 Å². The third-order valence-corrected chi connectivity index (χ3v) is 2.73. The summed E-state index contributed by atoms with van der Waals surface area (Å²) in [6, 6.07) is 0. The third kappa shape index (κ3) is 9.55. The van der Waals surface area contributed by atoms with E-state index in [-0.39, 0.29) is 12.0 Å². The largest absolute Gasteiger partial charge is 0.460 e. The van der Waals surface area contributed by atoms with Crippen LogP contribution >= 0.6 is 0 Å². The van der Waals surface area contributed by atoms with Crippen LogP contribution in [-0.4, -0.2) is 24.1 Å². The molecular formula is C15H30N2O3. The average Bonchev–Trinajstić information content (AvgIpc) is 2.52. The van der Waals surface area contributed by atoms with Crippen molar-refractivity contribution in [2.24, 2.45) is 5.73 Å². The zero-order chi connectivity index (χ0) is 16.0. The van der Waals surface area contributed by atoms with Gasteiger partial charge in [0.25, 0.3) is 0 Å². The summed E-state index contributed by atoms with van der Waals surface area (Å²) in [6.45, 7) is 11.7. The minimum Gasteiger partial charge on any atom is -0.460 e. The van der Waals surface area contributed by atoms with Gasteiger partial charge < -0.3 is 15.8 Å². The lowest BCUT2D eigenvalue weighted by Gasteiger charge is -2.23. The Morgan fingerprint density at radius 1 is 1.25 bits per heavy atom. The van der Waals surface area contributed by atoms with E-state index in [1.165, 1.54) is 6.42 Å². The van der Waals surface area contributed by atoms with Crippen molar-refractivity contribution >= 4 is 11.9 Å². The monoisotopic (exact) mass is 286 g/mol. The van der Waals surface area contributed by atoms with Crippen LogP contribution < -0.4 is 11.1 Å². The molecule has 5 nitrogen and oxygen atoms in total. The first-order chi connectivity index (χ1) is 9.63. The highest BCUT2D eigenvalue weighted by molar-refractivity contribution is 5.83. The molecule has 0 radical (unpaired) electrons. The van der Waals surface area contributed by atoms with E-state index in [4.69, 9.17) is 10.5 Å². The fourth-order valence-corrected chi connectivity index (χ4v) is 1.75. The molecule has 1 saturated carbocycles. The van der Waals surface area contributed by atoms with E-state index >= 15 is 0 Å². The quantitative estimate of drug-likeness (QED) is 0.472. The van der Waals surface area contributed by atoms with Crippen molar-refractivity contribution in [3.63, 3.8) is 0 Å². The third-order valence-electron chi connectivity index (χ3n) is 2.73. The maximum Gasteiger partial charge on any atom is 0.343 e. The van der Waals surface area contributed by atoms with Crippen LogP contribution in [0.4, 0.5) is 0 Å². The van der Waals surface area contributed by atoms with E-state index in [0.717, 1.165) is 25.7 Å². The number of hydrogen-bond donors (Lipinski definition) is 2. The number of hydrogen-bond acceptors (Lipinski definition) is 4. The van der Waals surface area contributed by atoms with Crippen molar-refractivity contribution < 1.29 is 14.3 Å². The first-order valence-corrected chi connectivity index (χ1v) is 7.39. The van der Waals surface area contributed by atoms with Gasteiger partial charge in [0.05, 0.1) is 0 Å². The maximum atomic E-state index is 11.5. The van der Waals surface area contributed by atoms with Gasteiger partial charge in [-0.1, -0.05) is 27.2 Å². The lowest BCUT2D eigenvalue weighted by Crippen LogP contribution is -2.49. The second-order valence-corrected chi connectivity index (χ2v) is 4.10. The highest BCUT2D eigenvalue weighted by Crippen LogP contribution is 2.20. The number of nitrogens with one attached hydrogen (secondary N) is 1. The molecule has 0 spiro atoms. The van der Waals surface area contributed by atoms with Gasteiger partial charge in [0, 0.05) is 6.42 Å². The van der Waals surface area contributed by atoms with Gasteiger partial charge in [-0.15, -0.1) is 13.2 Å². The summed E-state index contributed by atoms with van der Waals surface area (Å²) >= 11 is 0. The molecule has 1 atom stereocenters. The second-order valence-electron chi connectivity index (χ2n) is 4.10. The molecular weight excluding hydrogens is 256 g/mol. The Kier molecular flexibility index (Phi) is 14.7. The van der Waals surface area contributed by atoms with Crippen molar-refractivity contribution in [1.82, 2.24) is 5.32 Å². The molecule has 1 fully saturated rings. The first-order valence-electron chi connectivity index (χ1n) is 7.39. The minimum atomic E-state index is -1.03. The Labute approximate surface area is 122 Å². The smallest absolute Gasteiger partial charge is 0.343 e. The van der Waals surface area contributed by atoms with Crippen LogP contribution in [0.15, 0.2) is 13.2 Å². The highest BCUT2D eigenvalue weighted by Gasteiger charge is 2.22. The molecule has 0 aromatic carbocycles. The maximum absolute atomic E-state index is 11.5. The molecule has 20 heavy (non-hydrogen) atoms. The SMILES string of the molecule is C=C.CC.CCC(=O)NC(N)C(=O)OC1CCCCC1. The minimum absolute atomic E-state index is 0.0224. The van der Waals surface area contributed by atoms with Crippen molar-refractivity contribution in [1.29, 1.82) is 0 Å². The number of esters is 1. The molecule has 0 heterocycles. The summed E-state index contributed by atoms with van der Waals surface area (Å²) in [5, 5.41) is 2.38. The molecule has 0 aromatic rings. The summed E-state index contributed by atoms with van der Waals surface area (Å²) in [6.07, 6.45) is 4.45. The molecule has 1 rings (SSSR count). The summed E-state index contributed by atoms with van der Waals surface area (Å²) < 4.78 is 5.22. The van der Waals surface area contributed by atoms with E-state index in [1.807, 2.05) is 13.8 Å². The van der Waals surface area contributed by atoms with Crippen LogP contribution in [-0.2, 0) is 14.3 Å². The molecule has 0 aliphatic heterocycles. The van der Waals surface area contributed by atoms with Gasteiger partial charge in [0.1, 0.15) is 6.10 Å². The predicted octanol–water partition coefficient (Wildman–Crippen LogP) is 2.50. The number of amides is 1. The number of rotatable bonds is 4. The van der Waals surface area contributed by atoms with E-state index in [9.17, 15) is 9.59 Å². The Hall–Kier alpha value is -1.36. The van der Waals surface area contributed by atoms with Crippen LogP contribution in [0, 0.1) is 0 Å². The Balaban J connectivity index is 0. The number of ether oxygens (including phenoxy) is 1. The molecule has 1 amide bonds. The lowest BCUT2D eigenvalue weighted by molar-refractivity contribution is -0.154. The molecule has 0 aromatic heterocycles. The van der Waals surface area contributed by atoms with Gasteiger partial charge in [-0.2, -0.15) is 0 Å². The molecule has 1 aliphatic rings. The summed E-state index contributed by atoms with van der Waals surface area (Å²) in [4.78, 5) is 22.5. The Bertz CT molecular complexity index is 264. The first kappa shape index (κ1) is 20.9. The summed E-state index contributed by atoms with van der Waals surface area (Å²) in [7, 11) is 0. The molecule has 5 heteroatoms. The average molecular weight is 286 g/mol. The summed E-state index contributed by atoms with van der Waals surface area (Å²) in [5.74, 6) is -0.776. The normalized spacial score (nSPS) is 15.6. The van der Waals surface area contributed by atoms with Gasteiger partial charge in [-0.25, -0.2) is 4.79 Å². The van der Waals surface area contributed by atoms with Crippen LogP contribution in [0.5, 0.6) is 0 Å². The highest BCUT2D eigenvalue weighted by atomic mass is 16.5. The van der Waals surface area contributed by atoms with E-state index in [0.29, 0.717) is 6.42 Å². The van der Waals surface area contributed by atoms with E-state index in [2.05, 4.69) is 18.5 Å². The van der Waals surface area contributed by atoms with Gasteiger partial charge in [0.2, 0.25) is 5.91 Å². The van der Waals surface area contributed by atoms with E-state index < -0.39 is 12.1 Å². The van der Waals surface area contributed by atoms with Crippen molar-refractivity contribution in [3.8, 4) is 0 Å². The van der Waals surface area contributed by atoms with E-state index in [1.54, 1.807) is 6.92 Å². The molecule has 0 bridgehead atoms. The molecule has 3 N–H and O–H groups in total. The van der Waals surface area contributed by atoms with Crippen LogP contribution in [0.2, 0.25) is 0 Å². The standard InChI is InChI=1S/C11H20N2O3.C2H6.C2H4/c1-2-9(14)13-10(12)11(15)16-8-6-4-3-5-7-8;2*1-2/h8,10H,2-7,12H2,1H3,(H,13,14);1-2H3;1-2H2. The topological polar surface area (TPSA) is 81.4 Å². The predicted molar refractivity (Wildman–Crippen MR) is 82.0 cm³/mol. The molecule has 118 valence electrons. The molecule has 1 aliphatic carbocycles. The van der Waals surface area contributed by atoms with Gasteiger partial charge in [-0.05, 0) is 25.7 Å². The molecule has 1 unspecified atom stereocenters. The van der Waals surface area contributed by atoms with Gasteiger partial charge >= 0.3 is 5.97 Å². The summed E-state index contributed by atoms with van der Waals surface area (Å²) in [5.41, 5.74) is 5.50. The Morgan fingerprint density at radius 3 is 2.20 bits per heavy atom.